The second kappa shape index (κ2) is 4.51. The maximum atomic E-state index is 13.1. The molecule has 5 heteroatoms. The van der Waals surface area contributed by atoms with Gasteiger partial charge in [-0.1, -0.05) is 29.8 Å². The number of hydrogen-bond acceptors (Lipinski definition) is 2. The number of hydrogen-bond donors (Lipinski definition) is 1. The van der Waals surface area contributed by atoms with E-state index in [1.807, 2.05) is 0 Å². The van der Waals surface area contributed by atoms with E-state index in [1.165, 1.54) is 6.07 Å². The predicted octanol–water partition coefficient (Wildman–Crippen LogP) is 3.24. The molecule has 0 aliphatic heterocycles. The summed E-state index contributed by atoms with van der Waals surface area (Å²) in [6.07, 6.45) is 0.981. The van der Waals surface area contributed by atoms with Crippen LogP contribution < -0.4 is 0 Å². The quantitative estimate of drug-likeness (QED) is 0.834. The summed E-state index contributed by atoms with van der Waals surface area (Å²) < 4.78 is 13.1. The van der Waals surface area contributed by atoms with E-state index >= 15 is 0 Å². The van der Waals surface area contributed by atoms with Crippen molar-refractivity contribution in [2.45, 2.75) is 0 Å². The fourth-order valence-electron chi connectivity index (χ4n) is 1.52. The average Bonchev–Trinajstić information content (AvgIpc) is 2.32. The summed E-state index contributed by atoms with van der Waals surface area (Å²) in [4.78, 5) is 14.7. The van der Waals surface area contributed by atoms with Gasteiger partial charge in [0.1, 0.15) is 11.0 Å². The van der Waals surface area contributed by atoms with Gasteiger partial charge in [0.05, 0.1) is 11.8 Å². The lowest BCUT2D eigenvalue weighted by Crippen LogP contribution is -2.00. The summed E-state index contributed by atoms with van der Waals surface area (Å²) in [5, 5.41) is 9.10. The van der Waals surface area contributed by atoms with Crippen LogP contribution >= 0.6 is 11.6 Å². The second-order valence-corrected chi connectivity index (χ2v) is 3.70. The van der Waals surface area contributed by atoms with Gasteiger partial charge < -0.3 is 5.11 Å². The zero-order valence-corrected chi connectivity index (χ0v) is 9.28. The number of nitrogens with zero attached hydrogens (tertiary/aromatic N) is 1. The van der Waals surface area contributed by atoms with Gasteiger partial charge in [0.25, 0.3) is 0 Å². The maximum absolute atomic E-state index is 13.1. The number of rotatable bonds is 2. The van der Waals surface area contributed by atoms with Crippen molar-refractivity contribution >= 4 is 17.6 Å². The predicted molar refractivity (Wildman–Crippen MR) is 61.6 cm³/mol. The Kier molecular flexibility index (Phi) is 3.06. The van der Waals surface area contributed by atoms with Gasteiger partial charge in [-0.25, -0.2) is 14.2 Å². The van der Waals surface area contributed by atoms with Gasteiger partial charge in [-0.15, -0.1) is 0 Å². The highest BCUT2D eigenvalue weighted by Crippen LogP contribution is 2.29. The lowest BCUT2D eigenvalue weighted by molar-refractivity contribution is 0.0697. The first-order chi connectivity index (χ1) is 8.09. The molecule has 0 spiro atoms. The number of pyridine rings is 1. The van der Waals surface area contributed by atoms with Crippen LogP contribution in [0.5, 0.6) is 0 Å². The van der Waals surface area contributed by atoms with Crippen LogP contribution in [0.3, 0.4) is 0 Å². The van der Waals surface area contributed by atoms with E-state index in [2.05, 4.69) is 4.98 Å². The highest BCUT2D eigenvalue weighted by molar-refractivity contribution is 6.32. The van der Waals surface area contributed by atoms with E-state index in [0.717, 1.165) is 12.3 Å². The molecular formula is C12H7ClFNO2. The molecule has 0 radical (unpaired) electrons. The summed E-state index contributed by atoms with van der Waals surface area (Å²) in [6, 6.07) is 7.40. The molecule has 1 heterocycles. The largest absolute Gasteiger partial charge is 0.478 e. The molecule has 1 aromatic heterocycles. The van der Waals surface area contributed by atoms with Crippen LogP contribution in [0.2, 0.25) is 5.15 Å². The molecule has 0 amide bonds. The molecule has 0 unspecified atom stereocenters. The van der Waals surface area contributed by atoms with E-state index < -0.39 is 11.8 Å². The van der Waals surface area contributed by atoms with Crippen LogP contribution in [0.1, 0.15) is 10.4 Å². The number of halogens is 2. The molecule has 0 aliphatic carbocycles. The Bertz CT molecular complexity index is 586. The van der Waals surface area contributed by atoms with E-state index in [-0.39, 0.29) is 16.3 Å². The molecule has 0 saturated heterocycles. The van der Waals surface area contributed by atoms with Crippen molar-refractivity contribution in [1.82, 2.24) is 4.98 Å². The zero-order chi connectivity index (χ0) is 12.4. The van der Waals surface area contributed by atoms with E-state index in [1.54, 1.807) is 18.2 Å². The molecule has 0 atom stereocenters. The lowest BCUT2D eigenvalue weighted by Gasteiger charge is -2.07. The van der Waals surface area contributed by atoms with Gasteiger partial charge in [0.2, 0.25) is 0 Å². The Morgan fingerprint density at radius 1 is 1.29 bits per heavy atom. The van der Waals surface area contributed by atoms with Gasteiger partial charge in [0.15, 0.2) is 0 Å². The normalized spacial score (nSPS) is 10.2. The van der Waals surface area contributed by atoms with Crippen molar-refractivity contribution in [3.05, 3.63) is 53.1 Å². The van der Waals surface area contributed by atoms with Crippen molar-refractivity contribution in [2.75, 3.05) is 0 Å². The van der Waals surface area contributed by atoms with Crippen molar-refractivity contribution in [3.63, 3.8) is 0 Å². The fourth-order valence-corrected chi connectivity index (χ4v) is 1.72. The van der Waals surface area contributed by atoms with E-state index in [0.29, 0.717) is 5.56 Å². The number of aromatic nitrogens is 1. The zero-order valence-electron chi connectivity index (χ0n) is 8.52. The van der Waals surface area contributed by atoms with Crippen molar-refractivity contribution in [3.8, 4) is 11.1 Å². The third kappa shape index (κ3) is 2.26. The minimum atomic E-state index is -1.10. The second-order valence-electron chi connectivity index (χ2n) is 3.34. The summed E-state index contributed by atoms with van der Waals surface area (Å²) in [5.74, 6) is -1.66. The smallest absolute Gasteiger partial charge is 0.336 e. The highest BCUT2D eigenvalue weighted by Gasteiger charge is 2.14. The van der Waals surface area contributed by atoms with Crippen molar-refractivity contribution in [2.24, 2.45) is 0 Å². The highest BCUT2D eigenvalue weighted by atomic mass is 35.5. The van der Waals surface area contributed by atoms with Gasteiger partial charge in [0, 0.05) is 5.56 Å². The monoisotopic (exact) mass is 251 g/mol. The van der Waals surface area contributed by atoms with Crippen LogP contribution in [-0.4, -0.2) is 16.1 Å². The number of carbonyl (C=O) groups is 1. The number of carboxylic acids is 1. The molecular weight excluding hydrogens is 245 g/mol. The molecule has 17 heavy (non-hydrogen) atoms. The Hall–Kier alpha value is -1.94. The fraction of sp³-hybridized carbons (Fsp3) is 0. The topological polar surface area (TPSA) is 50.2 Å². The Labute approximate surface area is 101 Å². The molecule has 1 N–H and O–H groups in total. The third-order valence-corrected chi connectivity index (χ3v) is 2.55. The summed E-state index contributed by atoms with van der Waals surface area (Å²) in [6.45, 7) is 0. The van der Waals surface area contributed by atoms with Gasteiger partial charge in [-0.2, -0.15) is 0 Å². The minimum absolute atomic E-state index is 0.0572. The molecule has 0 bridgehead atoms. The van der Waals surface area contributed by atoms with Gasteiger partial charge >= 0.3 is 5.97 Å². The average molecular weight is 252 g/mol. The molecule has 1 aromatic carbocycles. The van der Waals surface area contributed by atoms with Crippen LogP contribution in [0.15, 0.2) is 36.5 Å². The Morgan fingerprint density at radius 3 is 2.71 bits per heavy atom. The number of carboxylic acid groups (broad SMARTS) is 1. The van der Waals surface area contributed by atoms with Gasteiger partial charge in [-0.05, 0) is 17.7 Å². The Morgan fingerprint density at radius 2 is 2.00 bits per heavy atom. The molecule has 2 aromatic rings. The molecule has 0 fully saturated rings. The molecule has 86 valence electrons. The first kappa shape index (κ1) is 11.5. The van der Waals surface area contributed by atoms with Crippen LogP contribution in [0.25, 0.3) is 11.1 Å². The minimum Gasteiger partial charge on any atom is -0.478 e. The maximum Gasteiger partial charge on any atom is 0.336 e. The lowest BCUT2D eigenvalue weighted by atomic mass is 10.0. The van der Waals surface area contributed by atoms with Crippen molar-refractivity contribution < 1.29 is 14.3 Å². The van der Waals surface area contributed by atoms with Crippen LogP contribution in [-0.2, 0) is 0 Å². The molecule has 2 rings (SSSR count). The molecule has 3 nitrogen and oxygen atoms in total. The van der Waals surface area contributed by atoms with Crippen LogP contribution in [0.4, 0.5) is 4.39 Å². The third-order valence-electron chi connectivity index (χ3n) is 2.25. The SMILES string of the molecule is O=C(O)c1ccccc1-c1cc(F)cnc1Cl. The first-order valence-corrected chi connectivity index (χ1v) is 5.11. The standard InChI is InChI=1S/C12H7ClFNO2/c13-11-10(5-7(14)6-15-11)8-3-1-2-4-9(8)12(16)17/h1-6H,(H,16,17). The Balaban J connectivity index is 2.68. The van der Waals surface area contributed by atoms with E-state index in [9.17, 15) is 9.18 Å². The molecule has 0 saturated carbocycles. The number of aromatic carboxylic acids is 1. The van der Waals surface area contributed by atoms with Crippen molar-refractivity contribution in [1.29, 1.82) is 0 Å². The van der Waals surface area contributed by atoms with Gasteiger partial charge in [-0.3, -0.25) is 0 Å². The molecule has 0 aliphatic rings. The first-order valence-electron chi connectivity index (χ1n) is 4.73. The number of benzene rings is 1. The summed E-state index contributed by atoms with van der Waals surface area (Å²) >= 11 is 5.84. The summed E-state index contributed by atoms with van der Waals surface area (Å²) in [5.41, 5.74) is 0.670. The summed E-state index contributed by atoms with van der Waals surface area (Å²) in [7, 11) is 0. The van der Waals surface area contributed by atoms with E-state index in [4.69, 9.17) is 16.7 Å². The van der Waals surface area contributed by atoms with Crippen LogP contribution in [0, 0.1) is 5.82 Å².